The molecule has 2 aromatic heterocycles. The summed E-state index contributed by atoms with van der Waals surface area (Å²) in [6.45, 7) is 6.21. The van der Waals surface area contributed by atoms with Gasteiger partial charge in [0, 0.05) is 16.5 Å². The second-order valence-corrected chi connectivity index (χ2v) is 7.60. The second kappa shape index (κ2) is 6.54. The minimum Gasteiger partial charge on any atom is -0.217 e. The van der Waals surface area contributed by atoms with Crippen molar-refractivity contribution in [2.75, 3.05) is 0 Å². The third kappa shape index (κ3) is 3.01. The van der Waals surface area contributed by atoms with E-state index >= 15 is 0 Å². The van der Waals surface area contributed by atoms with Crippen molar-refractivity contribution in [3.05, 3.63) is 71.9 Å². The normalized spacial score (nSPS) is 11.5. The molecule has 0 saturated carbocycles. The van der Waals surface area contributed by atoms with Gasteiger partial charge in [0.05, 0.1) is 35.4 Å². The Morgan fingerprint density at radius 3 is 2.54 bits per heavy atom. The van der Waals surface area contributed by atoms with Crippen LogP contribution < -0.4 is 0 Å². The number of hydrogen-bond donors (Lipinski definition) is 0. The SMILES string of the molecule is CC(C)(C)c1cnn2c(-c3cccc(-c4c(F)cccc4C#N)c3)cnc2n1. The van der Waals surface area contributed by atoms with Crippen LogP contribution in [0.3, 0.4) is 0 Å². The fraction of sp³-hybridized carbons (Fsp3) is 0.182. The Balaban J connectivity index is 1.85. The summed E-state index contributed by atoms with van der Waals surface area (Å²) < 4.78 is 16.1. The van der Waals surface area contributed by atoms with E-state index < -0.39 is 5.82 Å². The number of hydrogen-bond acceptors (Lipinski definition) is 4. The molecule has 0 radical (unpaired) electrons. The van der Waals surface area contributed by atoms with Crippen molar-refractivity contribution >= 4 is 5.78 Å². The van der Waals surface area contributed by atoms with Crippen molar-refractivity contribution in [1.29, 1.82) is 5.26 Å². The maximum absolute atomic E-state index is 14.4. The van der Waals surface area contributed by atoms with Crippen LogP contribution in [0.4, 0.5) is 4.39 Å². The lowest BCUT2D eigenvalue weighted by molar-refractivity contribution is 0.562. The van der Waals surface area contributed by atoms with Crippen molar-refractivity contribution in [3.8, 4) is 28.5 Å². The smallest absolute Gasteiger partial charge is 0.217 e. The zero-order chi connectivity index (χ0) is 19.9. The van der Waals surface area contributed by atoms with Gasteiger partial charge < -0.3 is 0 Å². The van der Waals surface area contributed by atoms with Gasteiger partial charge in [-0.1, -0.05) is 45.0 Å². The van der Waals surface area contributed by atoms with Gasteiger partial charge in [-0.05, 0) is 23.8 Å². The summed E-state index contributed by atoms with van der Waals surface area (Å²) >= 11 is 0. The van der Waals surface area contributed by atoms with E-state index in [1.807, 2.05) is 18.2 Å². The minimum absolute atomic E-state index is 0.126. The minimum atomic E-state index is -0.427. The molecule has 6 heteroatoms. The van der Waals surface area contributed by atoms with Gasteiger partial charge in [-0.3, -0.25) is 0 Å². The van der Waals surface area contributed by atoms with Crippen LogP contribution in [0, 0.1) is 17.1 Å². The molecule has 4 rings (SSSR count). The number of aromatic nitrogens is 4. The number of imidazole rings is 1. The summed E-state index contributed by atoms with van der Waals surface area (Å²) in [5.41, 5.74) is 3.51. The Morgan fingerprint density at radius 1 is 1.04 bits per heavy atom. The van der Waals surface area contributed by atoms with E-state index in [0.717, 1.165) is 17.0 Å². The number of rotatable bonds is 2. The summed E-state index contributed by atoms with van der Waals surface area (Å²) in [6, 6.07) is 13.9. The molecule has 138 valence electrons. The van der Waals surface area contributed by atoms with Crippen LogP contribution in [0.2, 0.25) is 0 Å². The predicted octanol–water partition coefficient (Wildman–Crippen LogP) is 4.77. The molecule has 0 spiro atoms. The Labute approximate surface area is 162 Å². The molecular weight excluding hydrogens is 353 g/mol. The fourth-order valence-corrected chi connectivity index (χ4v) is 3.08. The molecule has 0 saturated heterocycles. The Morgan fingerprint density at radius 2 is 1.79 bits per heavy atom. The van der Waals surface area contributed by atoms with Crippen molar-refractivity contribution < 1.29 is 4.39 Å². The van der Waals surface area contributed by atoms with Crippen LogP contribution in [0.5, 0.6) is 0 Å². The first-order valence-electron chi connectivity index (χ1n) is 8.89. The zero-order valence-electron chi connectivity index (χ0n) is 15.8. The van der Waals surface area contributed by atoms with E-state index in [0.29, 0.717) is 22.5 Å². The molecule has 2 aromatic carbocycles. The van der Waals surface area contributed by atoms with Crippen molar-refractivity contribution in [1.82, 2.24) is 19.6 Å². The topological polar surface area (TPSA) is 66.9 Å². The van der Waals surface area contributed by atoms with Gasteiger partial charge in [-0.2, -0.15) is 14.9 Å². The number of halogens is 1. The van der Waals surface area contributed by atoms with Crippen LogP contribution in [0.15, 0.2) is 54.9 Å². The summed E-state index contributed by atoms with van der Waals surface area (Å²) in [5, 5.41) is 13.8. The quantitative estimate of drug-likeness (QED) is 0.509. The van der Waals surface area contributed by atoms with Crippen molar-refractivity contribution in [2.24, 2.45) is 0 Å². The lowest BCUT2D eigenvalue weighted by Gasteiger charge is -2.16. The summed E-state index contributed by atoms with van der Waals surface area (Å²) in [4.78, 5) is 8.99. The molecule has 0 unspecified atom stereocenters. The highest BCUT2D eigenvalue weighted by Crippen LogP contribution is 2.30. The van der Waals surface area contributed by atoms with Gasteiger partial charge in [0.25, 0.3) is 5.78 Å². The summed E-state index contributed by atoms with van der Waals surface area (Å²) in [5.74, 6) is 0.0837. The van der Waals surface area contributed by atoms with Crippen LogP contribution >= 0.6 is 0 Å². The molecule has 0 aliphatic heterocycles. The largest absolute Gasteiger partial charge is 0.251 e. The highest BCUT2D eigenvalue weighted by atomic mass is 19.1. The number of benzene rings is 2. The van der Waals surface area contributed by atoms with Crippen LogP contribution in [0.1, 0.15) is 32.0 Å². The zero-order valence-corrected chi connectivity index (χ0v) is 15.8. The third-order valence-corrected chi connectivity index (χ3v) is 4.59. The van der Waals surface area contributed by atoms with Crippen LogP contribution in [0.25, 0.3) is 28.2 Å². The van der Waals surface area contributed by atoms with Crippen LogP contribution in [-0.2, 0) is 5.41 Å². The molecule has 4 aromatic rings. The molecular formula is C22H18FN5. The lowest BCUT2D eigenvalue weighted by atomic mass is 9.93. The Bertz CT molecular complexity index is 1230. The molecule has 0 bridgehead atoms. The molecule has 28 heavy (non-hydrogen) atoms. The molecule has 0 aliphatic carbocycles. The van der Waals surface area contributed by atoms with E-state index in [1.54, 1.807) is 29.0 Å². The summed E-state index contributed by atoms with van der Waals surface area (Å²) in [7, 11) is 0. The van der Waals surface area contributed by atoms with E-state index in [4.69, 9.17) is 0 Å². The lowest BCUT2D eigenvalue weighted by Crippen LogP contribution is -2.15. The third-order valence-electron chi connectivity index (χ3n) is 4.59. The molecule has 0 aliphatic rings. The van der Waals surface area contributed by atoms with Crippen LogP contribution in [-0.4, -0.2) is 19.6 Å². The first-order valence-corrected chi connectivity index (χ1v) is 8.89. The van der Waals surface area contributed by atoms with E-state index in [9.17, 15) is 9.65 Å². The van der Waals surface area contributed by atoms with Gasteiger partial charge >= 0.3 is 0 Å². The van der Waals surface area contributed by atoms with E-state index in [-0.39, 0.29) is 5.41 Å². The Hall–Kier alpha value is -3.59. The average Bonchev–Trinajstić information content (AvgIpc) is 3.10. The van der Waals surface area contributed by atoms with Crippen molar-refractivity contribution in [2.45, 2.75) is 26.2 Å². The van der Waals surface area contributed by atoms with Gasteiger partial charge in [0.15, 0.2) is 0 Å². The number of nitrogens with zero attached hydrogens (tertiary/aromatic N) is 5. The maximum atomic E-state index is 14.4. The summed E-state index contributed by atoms with van der Waals surface area (Å²) in [6.07, 6.45) is 3.44. The molecule has 0 amide bonds. The van der Waals surface area contributed by atoms with Gasteiger partial charge in [0.1, 0.15) is 5.82 Å². The maximum Gasteiger partial charge on any atom is 0.251 e. The van der Waals surface area contributed by atoms with Crippen molar-refractivity contribution in [3.63, 3.8) is 0 Å². The molecule has 2 heterocycles. The van der Waals surface area contributed by atoms with E-state index in [2.05, 4.69) is 41.9 Å². The highest BCUT2D eigenvalue weighted by Gasteiger charge is 2.18. The molecule has 5 nitrogen and oxygen atoms in total. The first-order chi connectivity index (χ1) is 13.4. The Kier molecular flexibility index (Phi) is 4.16. The second-order valence-electron chi connectivity index (χ2n) is 7.60. The monoisotopic (exact) mass is 371 g/mol. The predicted molar refractivity (Wildman–Crippen MR) is 105 cm³/mol. The number of fused-ring (bicyclic) bond motifs is 1. The number of nitriles is 1. The highest BCUT2D eigenvalue weighted by molar-refractivity contribution is 5.76. The first kappa shape index (κ1) is 17.8. The van der Waals surface area contributed by atoms with Gasteiger partial charge in [0.2, 0.25) is 0 Å². The van der Waals surface area contributed by atoms with Gasteiger partial charge in [-0.15, -0.1) is 0 Å². The fourth-order valence-electron chi connectivity index (χ4n) is 3.08. The molecule has 0 atom stereocenters. The van der Waals surface area contributed by atoms with Gasteiger partial charge in [-0.25, -0.2) is 14.4 Å². The average molecular weight is 371 g/mol. The van der Waals surface area contributed by atoms with E-state index in [1.165, 1.54) is 12.1 Å². The standard InChI is InChI=1S/C22H18FN5/c1-22(2,3)19-13-26-28-18(12-25-21(28)27-19)14-6-4-7-15(10-14)20-16(11-24)8-5-9-17(20)23/h4-10,12-13H,1-3H3. The molecule has 0 N–H and O–H groups in total. The molecule has 0 fully saturated rings.